The third-order valence-corrected chi connectivity index (χ3v) is 10.9. The minimum atomic E-state index is -4.26. The lowest BCUT2D eigenvalue weighted by molar-refractivity contribution is -0.0568. The normalized spacial score (nSPS) is 38.0. The average molecular weight is 690 g/mol. The standard InChI is InChI=1S/C22H26FN9O8P2S2/c1-8-13-9(24)2-3-26-20(13)32(30-8)10-4-11-16(33)17(10)39-41(34,43)36-5-12-18(40-42(35,44)38-11)14(23)22(37-12)31-7-29-15-19(25)27-6-28-21(15)31/h2-3,6-7,10-12,14,16-18,22,33H,4-5H2,1H3,(H2,24,26)(H,34,43)(H,35,44)(H2,25,27,28)/t10-,11+,12-,14-,16-,17+,18-,22-,41?,42?/m1/s1. The Labute approximate surface area is 257 Å². The number of hydrogen-bond donors (Lipinski definition) is 5. The summed E-state index contributed by atoms with van der Waals surface area (Å²) in [6.45, 7) is -7.19. The molecule has 22 heteroatoms. The van der Waals surface area contributed by atoms with Gasteiger partial charge in [0.2, 0.25) is 0 Å². The maximum absolute atomic E-state index is 16.1. The van der Waals surface area contributed by atoms with Crippen LogP contribution in [0.15, 0.2) is 24.9 Å². The van der Waals surface area contributed by atoms with E-state index in [1.165, 1.54) is 28.1 Å². The molecule has 17 nitrogen and oxygen atoms in total. The van der Waals surface area contributed by atoms with Gasteiger partial charge in [0.25, 0.3) is 0 Å². The molecule has 10 atom stereocenters. The van der Waals surface area contributed by atoms with E-state index in [1.54, 1.807) is 13.0 Å². The number of nitrogens with two attached hydrogens (primary N) is 2. The molecule has 4 aromatic rings. The van der Waals surface area contributed by atoms with E-state index in [4.69, 9.17) is 57.9 Å². The molecule has 4 aromatic heterocycles. The van der Waals surface area contributed by atoms with Crippen molar-refractivity contribution in [1.29, 1.82) is 0 Å². The van der Waals surface area contributed by atoms with Crippen molar-refractivity contribution in [2.45, 2.75) is 62.3 Å². The highest BCUT2D eigenvalue weighted by molar-refractivity contribution is 8.07. The molecule has 0 spiro atoms. The van der Waals surface area contributed by atoms with Gasteiger partial charge >= 0.3 is 13.4 Å². The summed E-state index contributed by atoms with van der Waals surface area (Å²) in [7, 11) is 0. The highest BCUT2D eigenvalue weighted by Crippen LogP contribution is 2.57. The Balaban J connectivity index is 1.22. The first-order valence-corrected chi connectivity index (χ1v) is 18.4. The number of rotatable bonds is 2. The zero-order chi connectivity index (χ0) is 31.1. The second-order valence-electron chi connectivity index (χ2n) is 10.5. The predicted octanol–water partition coefficient (Wildman–Crippen LogP) is 0.905. The molecule has 0 radical (unpaired) electrons. The van der Waals surface area contributed by atoms with E-state index in [9.17, 15) is 14.9 Å². The van der Waals surface area contributed by atoms with Crippen molar-refractivity contribution in [1.82, 2.24) is 34.3 Å². The third kappa shape index (κ3) is 5.12. The van der Waals surface area contributed by atoms with E-state index < -0.39 is 69.0 Å². The zero-order valence-corrected chi connectivity index (χ0v) is 26.0. The number of aliphatic hydroxyl groups excluding tert-OH is 1. The second kappa shape index (κ2) is 10.9. The van der Waals surface area contributed by atoms with Gasteiger partial charge in [-0.25, -0.2) is 29.0 Å². The van der Waals surface area contributed by atoms with Crippen molar-refractivity contribution in [3.63, 3.8) is 0 Å². The molecule has 1 saturated carbocycles. The molecule has 2 bridgehead atoms. The number of nitrogens with zero attached hydrogens (tertiary/aromatic N) is 7. The molecule has 0 aromatic carbocycles. The van der Waals surface area contributed by atoms with Crippen LogP contribution in [-0.2, 0) is 46.4 Å². The van der Waals surface area contributed by atoms with E-state index in [0.29, 0.717) is 22.4 Å². The number of imidazole rings is 1. The molecule has 3 fully saturated rings. The Morgan fingerprint density at radius 1 is 1.02 bits per heavy atom. The van der Waals surface area contributed by atoms with Crippen LogP contribution >= 0.6 is 13.4 Å². The fourth-order valence-corrected chi connectivity index (χ4v) is 9.11. The lowest BCUT2D eigenvalue weighted by Gasteiger charge is -2.31. The van der Waals surface area contributed by atoms with E-state index in [1.807, 2.05) is 0 Å². The van der Waals surface area contributed by atoms with Gasteiger partial charge in [-0.1, -0.05) is 0 Å². The molecule has 0 amide bonds. The van der Waals surface area contributed by atoms with Crippen LogP contribution in [0.2, 0.25) is 0 Å². The Morgan fingerprint density at radius 3 is 2.59 bits per heavy atom. The summed E-state index contributed by atoms with van der Waals surface area (Å²) in [6.07, 6.45) is -6.20. The van der Waals surface area contributed by atoms with Crippen molar-refractivity contribution < 1.29 is 42.1 Å². The molecule has 2 aliphatic heterocycles. The number of anilines is 2. The van der Waals surface area contributed by atoms with Gasteiger partial charge in [0.05, 0.1) is 36.2 Å². The predicted molar refractivity (Wildman–Crippen MR) is 158 cm³/mol. The van der Waals surface area contributed by atoms with Gasteiger partial charge in [0, 0.05) is 18.3 Å². The van der Waals surface area contributed by atoms with E-state index in [-0.39, 0.29) is 23.4 Å². The fraction of sp³-hybridized carbons (Fsp3) is 0.500. The lowest BCUT2D eigenvalue weighted by atomic mass is 10.1. The van der Waals surface area contributed by atoms with Gasteiger partial charge in [0.15, 0.2) is 29.5 Å². The van der Waals surface area contributed by atoms with E-state index >= 15 is 4.39 Å². The Hall–Kier alpha value is -2.32. The summed E-state index contributed by atoms with van der Waals surface area (Å²) in [5.41, 5.74) is 13.8. The number of hydrogen-bond acceptors (Lipinski definition) is 15. The molecular weight excluding hydrogens is 663 g/mol. The van der Waals surface area contributed by atoms with Crippen molar-refractivity contribution >= 4 is 70.8 Å². The minimum Gasteiger partial charge on any atom is -0.398 e. The summed E-state index contributed by atoms with van der Waals surface area (Å²) in [5.74, 6) is 0.0787. The summed E-state index contributed by atoms with van der Waals surface area (Å²) in [6, 6.07) is 0.799. The smallest absolute Gasteiger partial charge is 0.325 e. The van der Waals surface area contributed by atoms with Crippen molar-refractivity contribution in [3.8, 4) is 0 Å². The third-order valence-electron chi connectivity index (χ3n) is 7.79. The van der Waals surface area contributed by atoms with Crippen LogP contribution in [0.4, 0.5) is 15.9 Å². The molecule has 7 rings (SSSR count). The first kappa shape index (κ1) is 30.3. The maximum Gasteiger partial charge on any atom is 0.325 e. The fourth-order valence-electron chi connectivity index (χ4n) is 5.86. The van der Waals surface area contributed by atoms with Gasteiger partial charge in [0.1, 0.15) is 36.3 Å². The molecule has 3 aliphatic rings. The van der Waals surface area contributed by atoms with Crippen LogP contribution in [0.25, 0.3) is 22.2 Å². The van der Waals surface area contributed by atoms with Crippen LogP contribution in [0, 0.1) is 6.92 Å². The molecule has 236 valence electrons. The molecule has 2 saturated heterocycles. The molecule has 44 heavy (non-hydrogen) atoms. The Kier molecular flexibility index (Phi) is 7.51. The number of nitrogen functional groups attached to an aromatic ring is 2. The Bertz CT molecular complexity index is 1870. The summed E-state index contributed by atoms with van der Waals surface area (Å²) in [4.78, 5) is 38.8. The Morgan fingerprint density at radius 2 is 1.80 bits per heavy atom. The molecule has 2 unspecified atom stereocenters. The van der Waals surface area contributed by atoms with Gasteiger partial charge in [-0.15, -0.1) is 0 Å². The number of aromatic nitrogens is 7. The minimum absolute atomic E-state index is 0.0371. The van der Waals surface area contributed by atoms with Crippen molar-refractivity contribution in [2.75, 3.05) is 18.1 Å². The molecule has 6 heterocycles. The number of halogens is 1. The average Bonchev–Trinajstić information content (AvgIpc) is 3.68. The van der Waals surface area contributed by atoms with Gasteiger partial charge < -0.3 is 44.7 Å². The first-order chi connectivity index (χ1) is 20.8. The summed E-state index contributed by atoms with van der Waals surface area (Å²) in [5, 5.41) is 16.4. The molecule has 1 aliphatic carbocycles. The SMILES string of the molecule is Cc1nn([C@@H]2C[C@@H]3OP(O)(=S)O[C@H]4[C@@H](F)[C@H](n5cnc6c(N)ncnc65)O[C@@H]4COP(O)(=S)O[C@@H]2[C@@H]3O)c2nccc(N)c12. The topological polar surface area (TPSA) is 233 Å². The number of alkyl halides is 1. The van der Waals surface area contributed by atoms with E-state index in [2.05, 4.69) is 25.0 Å². The van der Waals surface area contributed by atoms with Crippen LogP contribution in [0.5, 0.6) is 0 Å². The highest BCUT2D eigenvalue weighted by atomic mass is 32.5. The maximum atomic E-state index is 16.1. The van der Waals surface area contributed by atoms with Crippen molar-refractivity contribution in [3.05, 3.63) is 30.6 Å². The number of ether oxygens (including phenoxy) is 1. The lowest BCUT2D eigenvalue weighted by Crippen LogP contribution is -2.38. The van der Waals surface area contributed by atoms with E-state index in [0.717, 1.165) is 0 Å². The quantitative estimate of drug-likeness (QED) is 0.184. The van der Waals surface area contributed by atoms with Crippen molar-refractivity contribution in [2.24, 2.45) is 0 Å². The molecular formula is C22H26FN9O8P2S2. The summed E-state index contributed by atoms with van der Waals surface area (Å²) < 4.78 is 47.7. The highest BCUT2D eigenvalue weighted by Gasteiger charge is 2.54. The number of aryl methyl sites for hydroxylation is 1. The number of fused-ring (bicyclic) bond motifs is 5. The first-order valence-electron chi connectivity index (χ1n) is 13.2. The zero-order valence-electron chi connectivity index (χ0n) is 22.6. The number of aliphatic hydroxyl groups is 1. The van der Waals surface area contributed by atoms with Crippen LogP contribution < -0.4 is 11.5 Å². The van der Waals surface area contributed by atoms with Gasteiger partial charge in [-0.2, -0.15) is 5.10 Å². The van der Waals surface area contributed by atoms with Crippen LogP contribution in [-0.4, -0.2) is 92.5 Å². The largest absolute Gasteiger partial charge is 0.398 e. The summed E-state index contributed by atoms with van der Waals surface area (Å²) >= 11 is 10.6. The van der Waals surface area contributed by atoms with Crippen LogP contribution in [0.1, 0.15) is 24.4 Å². The van der Waals surface area contributed by atoms with Gasteiger partial charge in [-0.3, -0.25) is 9.09 Å². The monoisotopic (exact) mass is 689 g/mol. The molecule has 7 N–H and O–H groups in total. The number of pyridine rings is 1. The van der Waals surface area contributed by atoms with Crippen LogP contribution in [0.3, 0.4) is 0 Å². The van der Waals surface area contributed by atoms with Gasteiger partial charge in [-0.05, 0) is 36.6 Å². The second-order valence-corrected chi connectivity index (χ2v) is 16.1.